The van der Waals surface area contributed by atoms with E-state index in [2.05, 4.69) is 5.32 Å². The second-order valence-electron chi connectivity index (χ2n) is 8.26. The molecule has 0 saturated carbocycles. The first-order valence-corrected chi connectivity index (χ1v) is 9.65. The molecule has 1 N–H and O–H groups in total. The summed E-state index contributed by atoms with van der Waals surface area (Å²) in [5, 5.41) is 2.74. The third-order valence-corrected chi connectivity index (χ3v) is 4.76. The summed E-state index contributed by atoms with van der Waals surface area (Å²) in [5.74, 6) is 0.620. The molecule has 0 spiro atoms. The van der Waals surface area contributed by atoms with Crippen molar-refractivity contribution in [2.24, 2.45) is 11.8 Å². The van der Waals surface area contributed by atoms with Crippen molar-refractivity contribution in [2.75, 3.05) is 26.7 Å². The van der Waals surface area contributed by atoms with E-state index >= 15 is 0 Å². The monoisotopic (exact) mass is 389 g/mol. The van der Waals surface area contributed by atoms with Crippen LogP contribution >= 0.6 is 0 Å². The zero-order chi connectivity index (χ0) is 21.1. The van der Waals surface area contributed by atoms with Crippen LogP contribution in [-0.4, -0.2) is 54.4 Å². The van der Waals surface area contributed by atoms with Gasteiger partial charge in [-0.15, -0.1) is 0 Å². The Balaban J connectivity index is 2.18. The fraction of sp³-hybridized carbons (Fsp3) is 0.571. The highest BCUT2D eigenvalue weighted by Gasteiger charge is 2.49. The van der Waals surface area contributed by atoms with Gasteiger partial charge in [-0.3, -0.25) is 14.5 Å². The third-order valence-electron chi connectivity index (χ3n) is 4.76. The number of ether oxygens (including phenoxy) is 1. The van der Waals surface area contributed by atoms with Gasteiger partial charge in [0.25, 0.3) is 5.91 Å². The number of imide groups is 1. The lowest BCUT2D eigenvalue weighted by Gasteiger charge is -2.28. The molecule has 7 nitrogen and oxygen atoms in total. The quantitative estimate of drug-likeness (QED) is 0.693. The molecule has 1 fully saturated rings. The molecular formula is C21H31N3O4. The van der Waals surface area contributed by atoms with Crippen molar-refractivity contribution < 1.29 is 19.1 Å². The van der Waals surface area contributed by atoms with Gasteiger partial charge in [-0.05, 0) is 36.5 Å². The summed E-state index contributed by atoms with van der Waals surface area (Å²) >= 11 is 0. The highest BCUT2D eigenvalue weighted by atomic mass is 16.5. The normalized spacial score (nSPS) is 19.4. The number of hydrogen-bond acceptors (Lipinski definition) is 4. The molecule has 4 amide bonds. The number of carbonyl (C=O) groups excluding carboxylic acids is 3. The molecule has 28 heavy (non-hydrogen) atoms. The molecule has 7 heteroatoms. The highest BCUT2D eigenvalue weighted by molar-refractivity contribution is 6.09. The number of nitrogens with zero attached hydrogens (tertiary/aromatic N) is 2. The van der Waals surface area contributed by atoms with Crippen LogP contribution in [-0.2, 0) is 15.1 Å². The number of methoxy groups -OCH3 is 1. The number of urea groups is 1. The Labute approximate surface area is 167 Å². The predicted molar refractivity (Wildman–Crippen MR) is 107 cm³/mol. The molecular weight excluding hydrogens is 358 g/mol. The van der Waals surface area contributed by atoms with Gasteiger partial charge >= 0.3 is 6.03 Å². The Morgan fingerprint density at radius 1 is 1.11 bits per heavy atom. The van der Waals surface area contributed by atoms with E-state index in [1.807, 2.05) is 27.7 Å². The summed E-state index contributed by atoms with van der Waals surface area (Å²) in [6.45, 7) is 10.7. The van der Waals surface area contributed by atoms with Crippen molar-refractivity contribution in [3.63, 3.8) is 0 Å². The predicted octanol–water partition coefficient (Wildman–Crippen LogP) is 2.60. The maximum absolute atomic E-state index is 13.0. The Morgan fingerprint density at radius 2 is 1.64 bits per heavy atom. The molecule has 1 aromatic carbocycles. The average Bonchev–Trinajstić information content (AvgIpc) is 2.84. The molecule has 1 aliphatic heterocycles. The van der Waals surface area contributed by atoms with Crippen molar-refractivity contribution in [3.8, 4) is 5.75 Å². The van der Waals surface area contributed by atoms with Gasteiger partial charge in [0.15, 0.2) is 0 Å². The number of amides is 4. The Morgan fingerprint density at radius 3 is 2.11 bits per heavy atom. The van der Waals surface area contributed by atoms with Crippen molar-refractivity contribution in [2.45, 2.75) is 40.2 Å². The van der Waals surface area contributed by atoms with Crippen LogP contribution < -0.4 is 10.1 Å². The highest BCUT2D eigenvalue weighted by Crippen LogP contribution is 2.30. The maximum atomic E-state index is 13.0. The van der Waals surface area contributed by atoms with E-state index in [9.17, 15) is 14.4 Å². The summed E-state index contributed by atoms with van der Waals surface area (Å²) in [6.07, 6.45) is 0. The summed E-state index contributed by atoms with van der Waals surface area (Å²) < 4.78 is 5.14. The minimum Gasteiger partial charge on any atom is -0.497 e. The molecule has 0 aliphatic carbocycles. The molecule has 2 rings (SSSR count). The first kappa shape index (κ1) is 21.7. The number of nitrogens with one attached hydrogen (secondary N) is 1. The molecule has 1 aromatic rings. The molecule has 1 atom stereocenters. The fourth-order valence-electron chi connectivity index (χ4n) is 3.36. The minimum absolute atomic E-state index is 0.218. The standard InChI is InChI=1S/C21H31N3O4/c1-14(2)11-23(12-15(3)4)18(25)13-24-19(26)21(5,22-20(24)27)16-7-9-17(28-6)10-8-16/h7-10,14-15H,11-13H2,1-6H3,(H,22,27). The van der Waals surface area contributed by atoms with E-state index in [0.29, 0.717) is 36.2 Å². The first-order chi connectivity index (χ1) is 13.1. The number of hydrogen-bond donors (Lipinski definition) is 1. The second kappa shape index (κ2) is 8.63. The van der Waals surface area contributed by atoms with Gasteiger partial charge in [0.05, 0.1) is 7.11 Å². The minimum atomic E-state index is -1.20. The van der Waals surface area contributed by atoms with Crippen LogP contribution in [0.3, 0.4) is 0 Å². The maximum Gasteiger partial charge on any atom is 0.325 e. The van der Waals surface area contributed by atoms with Crippen LogP contribution in [0.5, 0.6) is 5.75 Å². The Bertz CT molecular complexity index is 720. The van der Waals surface area contributed by atoms with Crippen LogP contribution in [0.15, 0.2) is 24.3 Å². The van der Waals surface area contributed by atoms with Gasteiger partial charge in [-0.1, -0.05) is 39.8 Å². The summed E-state index contributed by atoms with van der Waals surface area (Å²) in [6, 6.07) is 6.41. The van der Waals surface area contributed by atoms with E-state index in [0.717, 1.165) is 4.90 Å². The molecule has 1 heterocycles. The fourth-order valence-corrected chi connectivity index (χ4v) is 3.36. The first-order valence-electron chi connectivity index (χ1n) is 9.65. The molecule has 0 radical (unpaired) electrons. The molecule has 1 aliphatic rings. The van der Waals surface area contributed by atoms with Crippen molar-refractivity contribution >= 4 is 17.8 Å². The number of rotatable bonds is 8. The lowest BCUT2D eigenvalue weighted by atomic mass is 9.92. The van der Waals surface area contributed by atoms with E-state index in [1.165, 1.54) is 0 Å². The smallest absolute Gasteiger partial charge is 0.325 e. The molecule has 154 valence electrons. The zero-order valence-electron chi connectivity index (χ0n) is 17.6. The topological polar surface area (TPSA) is 79.0 Å². The molecule has 0 aromatic heterocycles. The lowest BCUT2D eigenvalue weighted by molar-refractivity contribution is -0.139. The van der Waals surface area contributed by atoms with Gasteiger partial charge in [0.2, 0.25) is 5.91 Å². The van der Waals surface area contributed by atoms with Crippen LogP contribution in [0, 0.1) is 11.8 Å². The van der Waals surface area contributed by atoms with Crippen LogP contribution in [0.1, 0.15) is 40.2 Å². The van der Waals surface area contributed by atoms with Crippen molar-refractivity contribution in [1.29, 1.82) is 0 Å². The van der Waals surface area contributed by atoms with Gasteiger partial charge in [-0.25, -0.2) is 4.79 Å². The second-order valence-corrected chi connectivity index (χ2v) is 8.26. The van der Waals surface area contributed by atoms with Crippen molar-refractivity contribution in [3.05, 3.63) is 29.8 Å². The third kappa shape index (κ3) is 4.64. The Kier molecular flexibility index (Phi) is 6.69. The van der Waals surface area contributed by atoms with Crippen LogP contribution in [0.2, 0.25) is 0 Å². The Hall–Kier alpha value is -2.57. The largest absolute Gasteiger partial charge is 0.497 e. The molecule has 1 unspecified atom stereocenters. The van der Waals surface area contributed by atoms with Crippen molar-refractivity contribution in [1.82, 2.24) is 15.1 Å². The average molecular weight is 389 g/mol. The van der Waals surface area contributed by atoms with E-state index in [4.69, 9.17) is 4.74 Å². The lowest BCUT2D eigenvalue weighted by Crippen LogP contribution is -2.46. The van der Waals surface area contributed by atoms with Gasteiger partial charge in [0, 0.05) is 13.1 Å². The van der Waals surface area contributed by atoms with Gasteiger partial charge in [0.1, 0.15) is 17.8 Å². The van der Waals surface area contributed by atoms with E-state index < -0.39 is 17.5 Å². The molecule has 1 saturated heterocycles. The number of benzene rings is 1. The number of carbonyl (C=O) groups is 3. The van der Waals surface area contributed by atoms with Crippen LogP contribution in [0.4, 0.5) is 4.79 Å². The van der Waals surface area contributed by atoms with Crippen LogP contribution in [0.25, 0.3) is 0 Å². The van der Waals surface area contributed by atoms with Gasteiger partial charge < -0.3 is 15.0 Å². The summed E-state index contributed by atoms with van der Waals surface area (Å²) in [5.41, 5.74) is -0.562. The summed E-state index contributed by atoms with van der Waals surface area (Å²) in [7, 11) is 1.56. The van der Waals surface area contributed by atoms with Gasteiger partial charge in [-0.2, -0.15) is 0 Å². The SMILES string of the molecule is COc1ccc(C2(C)NC(=O)N(CC(=O)N(CC(C)C)CC(C)C)C2=O)cc1. The zero-order valence-corrected chi connectivity index (χ0v) is 17.6. The van der Waals surface area contributed by atoms with E-state index in [1.54, 1.807) is 43.2 Å². The molecule has 0 bridgehead atoms. The summed E-state index contributed by atoms with van der Waals surface area (Å²) in [4.78, 5) is 41.1. The van der Waals surface area contributed by atoms with E-state index in [-0.39, 0.29) is 12.5 Å².